The van der Waals surface area contributed by atoms with Gasteiger partial charge in [0.2, 0.25) is 0 Å². The lowest BCUT2D eigenvalue weighted by Gasteiger charge is -2.16. The van der Waals surface area contributed by atoms with Crippen LogP contribution in [-0.2, 0) is 0 Å². The fraction of sp³-hybridized carbons (Fsp3) is 0.667. The van der Waals surface area contributed by atoms with Crippen LogP contribution in [0.4, 0.5) is 0 Å². The van der Waals surface area contributed by atoms with Crippen molar-refractivity contribution >= 4 is 15.8 Å². The second kappa shape index (κ2) is 6.04. The zero-order valence-electron chi connectivity index (χ0n) is 10.9. The normalized spacial score (nSPS) is 15.9. The highest BCUT2D eigenvalue weighted by Gasteiger charge is 2.07. The Kier molecular flexibility index (Phi) is 6.19. The fourth-order valence-electron chi connectivity index (χ4n) is 1.21. The van der Waals surface area contributed by atoms with Crippen LogP contribution in [0.25, 0.3) is 0 Å². The molecule has 14 heavy (non-hydrogen) atoms. The van der Waals surface area contributed by atoms with Crippen LogP contribution in [0.5, 0.6) is 0 Å². The van der Waals surface area contributed by atoms with Gasteiger partial charge in [0, 0.05) is 0 Å². The van der Waals surface area contributed by atoms with E-state index in [0.717, 1.165) is 0 Å². The quantitative estimate of drug-likeness (QED) is 0.469. The Bertz CT molecular complexity index is 229. The molecule has 0 atom stereocenters. The van der Waals surface area contributed by atoms with Crippen LogP contribution in [0.3, 0.4) is 0 Å². The predicted molar refractivity (Wildman–Crippen MR) is 74.3 cm³/mol. The topological polar surface area (TPSA) is 0 Å². The van der Waals surface area contributed by atoms with E-state index in [1.807, 2.05) is 0 Å². The lowest BCUT2D eigenvalue weighted by Crippen LogP contribution is -1.89. The molecule has 0 bridgehead atoms. The molecule has 0 amide bonds. The van der Waals surface area contributed by atoms with Crippen LogP contribution in [0.1, 0.15) is 27.7 Å². The molecule has 0 unspecified atom stereocenters. The van der Waals surface area contributed by atoms with E-state index >= 15 is 0 Å². The second-order valence-electron chi connectivity index (χ2n) is 4.21. The number of hydrogen-bond acceptors (Lipinski definition) is 0. The van der Waals surface area contributed by atoms with Crippen molar-refractivity contribution in [3.05, 3.63) is 21.8 Å². The van der Waals surface area contributed by atoms with E-state index in [0.29, 0.717) is 0 Å². The molecule has 0 aromatic carbocycles. The Morgan fingerprint density at radius 1 is 0.571 bits per heavy atom. The summed E-state index contributed by atoms with van der Waals surface area (Å²) in [4.78, 5) is 0. The van der Waals surface area contributed by atoms with Gasteiger partial charge in [0.25, 0.3) is 0 Å². The van der Waals surface area contributed by atoms with Crippen LogP contribution < -0.4 is 0 Å². The van der Waals surface area contributed by atoms with Gasteiger partial charge in [-0.1, -0.05) is 15.8 Å². The Hall–Kier alpha value is 0.340. The molecule has 0 saturated heterocycles. The second-order valence-corrected chi connectivity index (χ2v) is 9.13. The van der Waals surface area contributed by atoms with Gasteiger partial charge in [-0.25, -0.2) is 0 Å². The molecule has 0 aliphatic carbocycles. The van der Waals surface area contributed by atoms with Crippen molar-refractivity contribution in [2.45, 2.75) is 27.7 Å². The van der Waals surface area contributed by atoms with E-state index in [1.54, 1.807) is 10.6 Å². The van der Waals surface area contributed by atoms with Gasteiger partial charge in [0.15, 0.2) is 0 Å². The van der Waals surface area contributed by atoms with Gasteiger partial charge in [-0.2, -0.15) is 0 Å². The highest BCUT2D eigenvalue weighted by molar-refractivity contribution is 7.60. The zero-order chi connectivity index (χ0) is 11.5. The van der Waals surface area contributed by atoms with Crippen LogP contribution in [-0.4, -0.2) is 26.7 Å². The molecule has 0 radical (unpaired) electrons. The summed E-state index contributed by atoms with van der Waals surface area (Å²) in [7, 11) is 0.150. The highest BCUT2D eigenvalue weighted by Crippen LogP contribution is 2.44. The van der Waals surface area contributed by atoms with E-state index in [2.05, 4.69) is 54.4 Å². The molecule has 0 aliphatic rings. The van der Waals surface area contributed by atoms with Crippen molar-refractivity contribution < 1.29 is 0 Å². The van der Waals surface area contributed by atoms with Gasteiger partial charge in [-0.3, -0.25) is 0 Å². The van der Waals surface area contributed by atoms with Crippen molar-refractivity contribution in [1.29, 1.82) is 0 Å². The lowest BCUT2D eigenvalue weighted by molar-refractivity contribution is 1.28. The molecule has 0 aromatic heterocycles. The molecule has 0 saturated carbocycles. The minimum atomic E-state index is 0.0751. The van der Waals surface area contributed by atoms with Gasteiger partial charge in [-0.05, 0) is 76.1 Å². The minimum Gasteiger partial charge on any atom is -0.0861 e. The Morgan fingerprint density at radius 3 is 0.929 bits per heavy atom. The number of allylic oxidation sites excluding steroid dienone is 4. The summed E-state index contributed by atoms with van der Waals surface area (Å²) in [5.41, 5.74) is 3.05. The average Bonchev–Trinajstić information content (AvgIpc) is 2.12. The lowest BCUT2D eigenvalue weighted by atomic mass is 10.1. The van der Waals surface area contributed by atoms with Crippen LogP contribution in [0.2, 0.25) is 0 Å². The van der Waals surface area contributed by atoms with Crippen LogP contribution in [0.15, 0.2) is 21.8 Å². The van der Waals surface area contributed by atoms with E-state index in [4.69, 9.17) is 0 Å². The summed E-state index contributed by atoms with van der Waals surface area (Å²) >= 11 is 0. The maximum Gasteiger partial charge on any atom is -0.0391 e. The number of hydrogen-bond donors (Lipinski definition) is 0. The fourth-order valence-corrected chi connectivity index (χ4v) is 2.89. The van der Waals surface area contributed by atoms with Gasteiger partial charge in [-0.15, -0.1) is 0 Å². The third kappa shape index (κ3) is 3.84. The Balaban J connectivity index is 5.14. The maximum atomic E-state index is 2.33. The molecular formula is C12H24P2. The molecule has 0 heterocycles. The molecule has 0 N–H and O–H groups in total. The monoisotopic (exact) mass is 230 g/mol. The van der Waals surface area contributed by atoms with Gasteiger partial charge in [0.1, 0.15) is 0 Å². The van der Waals surface area contributed by atoms with Gasteiger partial charge < -0.3 is 0 Å². The summed E-state index contributed by atoms with van der Waals surface area (Å²) in [5.74, 6) is 0. The van der Waals surface area contributed by atoms with Crippen molar-refractivity contribution in [3.63, 3.8) is 0 Å². The van der Waals surface area contributed by atoms with E-state index in [-0.39, 0.29) is 15.8 Å². The summed E-state index contributed by atoms with van der Waals surface area (Å²) in [6, 6.07) is 0. The standard InChI is InChI=1S/C12H24P2/c1-9(11(3)13(5)6)10(2)12(4)14(7)8/h1-8H3/b11-9-,12-10-. The summed E-state index contributed by atoms with van der Waals surface area (Å²) in [6.07, 6.45) is 0. The third-order valence-electron chi connectivity index (χ3n) is 2.99. The summed E-state index contributed by atoms with van der Waals surface area (Å²) in [6.45, 7) is 18.4. The Morgan fingerprint density at radius 2 is 0.786 bits per heavy atom. The van der Waals surface area contributed by atoms with E-state index in [1.165, 1.54) is 11.1 Å². The smallest absolute Gasteiger partial charge is 0.0391 e. The first-order valence-electron chi connectivity index (χ1n) is 4.99. The molecule has 82 valence electrons. The SMILES string of the molecule is CC(/C(C)=C(/C)P(C)C)=C(\C)P(C)C. The minimum absolute atomic E-state index is 0.0751. The van der Waals surface area contributed by atoms with Crippen molar-refractivity contribution in [2.24, 2.45) is 0 Å². The van der Waals surface area contributed by atoms with Gasteiger partial charge >= 0.3 is 0 Å². The average molecular weight is 230 g/mol. The predicted octanol–water partition coefficient (Wildman–Crippen LogP) is 5.06. The molecule has 0 aliphatic heterocycles. The maximum absolute atomic E-state index is 2.33. The van der Waals surface area contributed by atoms with Crippen LogP contribution in [0, 0.1) is 0 Å². The molecule has 0 nitrogen and oxygen atoms in total. The zero-order valence-corrected chi connectivity index (χ0v) is 12.7. The molecular weight excluding hydrogens is 206 g/mol. The molecule has 0 rings (SSSR count). The van der Waals surface area contributed by atoms with Gasteiger partial charge in [0.05, 0.1) is 0 Å². The summed E-state index contributed by atoms with van der Waals surface area (Å²) in [5, 5.41) is 3.18. The van der Waals surface area contributed by atoms with Crippen molar-refractivity contribution in [1.82, 2.24) is 0 Å². The first-order valence-corrected chi connectivity index (χ1v) is 9.46. The first kappa shape index (κ1) is 14.3. The third-order valence-corrected chi connectivity index (χ3v) is 6.34. The van der Waals surface area contributed by atoms with Crippen LogP contribution >= 0.6 is 15.8 Å². The molecule has 0 spiro atoms. The first-order chi connectivity index (χ1) is 6.29. The molecule has 0 fully saturated rings. The highest BCUT2D eigenvalue weighted by atomic mass is 31.1. The van der Waals surface area contributed by atoms with Crippen molar-refractivity contribution in [2.75, 3.05) is 26.7 Å². The van der Waals surface area contributed by atoms with E-state index in [9.17, 15) is 0 Å². The summed E-state index contributed by atoms with van der Waals surface area (Å²) < 4.78 is 0. The molecule has 2 heteroatoms. The Labute approximate surface area is 92.4 Å². The largest absolute Gasteiger partial charge is 0.0861 e. The van der Waals surface area contributed by atoms with E-state index < -0.39 is 0 Å². The molecule has 0 aromatic rings. The number of rotatable bonds is 3. The van der Waals surface area contributed by atoms with Crippen molar-refractivity contribution in [3.8, 4) is 0 Å².